The van der Waals surface area contributed by atoms with Gasteiger partial charge in [-0.3, -0.25) is 9.10 Å². The lowest BCUT2D eigenvalue weighted by Gasteiger charge is -2.23. The first-order chi connectivity index (χ1) is 15.3. The normalized spacial score (nSPS) is 14.0. The van der Waals surface area contributed by atoms with Gasteiger partial charge in [0.1, 0.15) is 6.04 Å². The van der Waals surface area contributed by atoms with E-state index < -0.39 is 28.0 Å². The number of sulfonamides is 1. The van der Waals surface area contributed by atoms with E-state index in [2.05, 4.69) is 16.0 Å². The molecule has 3 amide bonds. The van der Waals surface area contributed by atoms with Gasteiger partial charge in [-0.25, -0.2) is 13.2 Å². The van der Waals surface area contributed by atoms with Gasteiger partial charge >= 0.3 is 6.03 Å². The third kappa shape index (κ3) is 6.00. The molecule has 0 spiro atoms. The summed E-state index contributed by atoms with van der Waals surface area (Å²) in [6, 6.07) is 15.6. The Morgan fingerprint density at radius 2 is 1.69 bits per heavy atom. The summed E-state index contributed by atoms with van der Waals surface area (Å²) in [5.74, 6) is -0.788. The molecule has 3 rings (SSSR count). The smallest absolute Gasteiger partial charge is 0.315 e. The molecule has 32 heavy (non-hydrogen) atoms. The molecule has 9 heteroatoms. The highest BCUT2D eigenvalue weighted by atomic mass is 32.2. The first kappa shape index (κ1) is 23.6. The molecule has 2 aromatic carbocycles. The summed E-state index contributed by atoms with van der Waals surface area (Å²) < 4.78 is 27.0. The van der Waals surface area contributed by atoms with Crippen molar-refractivity contribution in [1.29, 1.82) is 0 Å². The molecular formula is C23H30N4O4S. The molecule has 0 aromatic heterocycles. The number of amides is 3. The minimum atomic E-state index is -3.56. The van der Waals surface area contributed by atoms with Gasteiger partial charge in [-0.15, -0.1) is 0 Å². The number of urea groups is 1. The Bertz CT molecular complexity index is 1040. The van der Waals surface area contributed by atoms with E-state index in [1.54, 1.807) is 6.07 Å². The highest BCUT2D eigenvalue weighted by molar-refractivity contribution is 7.92. The highest BCUT2D eigenvalue weighted by Crippen LogP contribution is 2.29. The van der Waals surface area contributed by atoms with E-state index in [0.717, 1.165) is 11.1 Å². The summed E-state index contributed by atoms with van der Waals surface area (Å²) in [6.07, 6.45) is 0.680. The Morgan fingerprint density at radius 3 is 2.41 bits per heavy atom. The summed E-state index contributed by atoms with van der Waals surface area (Å²) in [6.45, 7) is 4.36. The van der Waals surface area contributed by atoms with Crippen LogP contribution in [0.4, 0.5) is 10.5 Å². The number of nitrogens with zero attached hydrogens (tertiary/aromatic N) is 1. The van der Waals surface area contributed by atoms with Crippen LogP contribution < -0.4 is 20.3 Å². The fourth-order valence-electron chi connectivity index (χ4n) is 3.63. The summed E-state index contributed by atoms with van der Waals surface area (Å²) in [5, 5.41) is 8.07. The molecule has 0 saturated heterocycles. The fraction of sp³-hybridized carbons (Fsp3) is 0.391. The lowest BCUT2D eigenvalue weighted by atomic mass is 10.0. The molecule has 0 aliphatic carbocycles. The van der Waals surface area contributed by atoms with Crippen molar-refractivity contribution >= 4 is 27.6 Å². The lowest BCUT2D eigenvalue weighted by Crippen LogP contribution is -2.53. The number of fused-ring (bicyclic) bond motifs is 1. The molecule has 1 atom stereocenters. The van der Waals surface area contributed by atoms with E-state index in [1.807, 2.05) is 62.4 Å². The summed E-state index contributed by atoms with van der Waals surface area (Å²) in [7, 11) is -3.56. The standard InChI is InChI=1S/C23H30N4O4S/c1-17(2)21(26-23(29)25-16-18-8-4-3-5-9-18)22(28)24-13-15-32(30,31)27-14-12-19-10-6-7-11-20(19)27/h3-11,17,21H,12-16H2,1-2H3,(H,24,28)(H2,25,26,29). The molecule has 3 N–H and O–H groups in total. The molecule has 0 bridgehead atoms. The average Bonchev–Trinajstić information content (AvgIpc) is 3.21. The fourth-order valence-corrected chi connectivity index (χ4v) is 5.05. The van der Waals surface area contributed by atoms with E-state index in [0.29, 0.717) is 25.2 Å². The monoisotopic (exact) mass is 458 g/mol. The molecule has 0 fully saturated rings. The molecular weight excluding hydrogens is 428 g/mol. The molecule has 0 radical (unpaired) electrons. The van der Waals surface area contributed by atoms with Gasteiger partial charge in [0.15, 0.2) is 0 Å². The second-order valence-corrected chi connectivity index (χ2v) is 10.1. The summed E-state index contributed by atoms with van der Waals surface area (Å²) in [4.78, 5) is 24.9. The van der Waals surface area contributed by atoms with Crippen LogP contribution in [0.3, 0.4) is 0 Å². The molecule has 1 aliphatic heterocycles. The SMILES string of the molecule is CC(C)C(NC(=O)NCc1ccccc1)C(=O)NCCS(=O)(=O)N1CCc2ccccc21. The third-order valence-corrected chi connectivity index (χ3v) is 7.14. The second-order valence-electron chi connectivity index (χ2n) is 8.09. The lowest BCUT2D eigenvalue weighted by molar-refractivity contribution is -0.123. The Kier molecular flexibility index (Phi) is 7.74. The number of carbonyl (C=O) groups excluding carboxylic acids is 2. The van der Waals surface area contributed by atoms with Gasteiger partial charge in [0, 0.05) is 19.6 Å². The Labute approximate surface area is 189 Å². The van der Waals surface area contributed by atoms with Crippen molar-refractivity contribution in [3.63, 3.8) is 0 Å². The van der Waals surface area contributed by atoms with E-state index in [-0.39, 0.29) is 18.2 Å². The molecule has 1 aliphatic rings. The summed E-state index contributed by atoms with van der Waals surface area (Å²) >= 11 is 0. The van der Waals surface area contributed by atoms with Crippen molar-refractivity contribution in [2.45, 2.75) is 32.9 Å². The molecule has 2 aromatic rings. The van der Waals surface area contributed by atoms with Crippen LogP contribution in [0, 0.1) is 5.92 Å². The van der Waals surface area contributed by atoms with Gasteiger partial charge in [0.25, 0.3) is 0 Å². The van der Waals surface area contributed by atoms with Crippen LogP contribution >= 0.6 is 0 Å². The Hall–Kier alpha value is -3.07. The van der Waals surface area contributed by atoms with E-state index in [4.69, 9.17) is 0 Å². The van der Waals surface area contributed by atoms with Gasteiger partial charge in [-0.2, -0.15) is 0 Å². The van der Waals surface area contributed by atoms with Gasteiger partial charge in [-0.1, -0.05) is 62.4 Å². The average molecular weight is 459 g/mol. The van der Waals surface area contributed by atoms with Gasteiger partial charge in [-0.05, 0) is 29.5 Å². The van der Waals surface area contributed by atoms with Crippen LogP contribution in [0.1, 0.15) is 25.0 Å². The van der Waals surface area contributed by atoms with Gasteiger partial charge < -0.3 is 16.0 Å². The molecule has 0 saturated carbocycles. The van der Waals surface area contributed by atoms with Crippen molar-refractivity contribution in [3.05, 3.63) is 65.7 Å². The van der Waals surface area contributed by atoms with Crippen LogP contribution in [-0.4, -0.2) is 45.2 Å². The predicted octanol–water partition coefficient (Wildman–Crippen LogP) is 2.02. The van der Waals surface area contributed by atoms with Crippen LogP contribution in [0.25, 0.3) is 0 Å². The van der Waals surface area contributed by atoms with Crippen molar-refractivity contribution in [2.75, 3.05) is 23.1 Å². The third-order valence-electron chi connectivity index (χ3n) is 5.37. The van der Waals surface area contributed by atoms with Crippen LogP contribution in [0.2, 0.25) is 0 Å². The minimum absolute atomic E-state index is 0.0314. The van der Waals surface area contributed by atoms with Crippen molar-refractivity contribution in [2.24, 2.45) is 5.92 Å². The largest absolute Gasteiger partial charge is 0.353 e. The first-order valence-electron chi connectivity index (χ1n) is 10.7. The Balaban J connectivity index is 1.50. The van der Waals surface area contributed by atoms with E-state index in [1.165, 1.54) is 4.31 Å². The molecule has 172 valence electrons. The van der Waals surface area contributed by atoms with Gasteiger partial charge in [0.05, 0.1) is 11.4 Å². The number of hydrogen-bond acceptors (Lipinski definition) is 4. The first-order valence-corrected chi connectivity index (χ1v) is 12.3. The zero-order valence-corrected chi connectivity index (χ0v) is 19.2. The predicted molar refractivity (Wildman–Crippen MR) is 125 cm³/mol. The van der Waals surface area contributed by atoms with E-state index in [9.17, 15) is 18.0 Å². The number of para-hydroxylation sites is 1. The Morgan fingerprint density at radius 1 is 1.00 bits per heavy atom. The highest BCUT2D eigenvalue weighted by Gasteiger charge is 2.29. The quantitative estimate of drug-likeness (QED) is 0.534. The topological polar surface area (TPSA) is 108 Å². The maximum absolute atomic E-state index is 12.8. The van der Waals surface area contributed by atoms with E-state index >= 15 is 0 Å². The zero-order chi connectivity index (χ0) is 23.1. The van der Waals surface area contributed by atoms with Gasteiger partial charge in [0.2, 0.25) is 15.9 Å². The second kappa shape index (κ2) is 10.5. The maximum Gasteiger partial charge on any atom is 0.315 e. The van der Waals surface area contributed by atoms with Crippen LogP contribution in [0.15, 0.2) is 54.6 Å². The number of hydrogen-bond donors (Lipinski definition) is 3. The molecule has 1 unspecified atom stereocenters. The maximum atomic E-state index is 12.8. The van der Waals surface area contributed by atoms with Crippen LogP contribution in [0.5, 0.6) is 0 Å². The number of nitrogens with one attached hydrogen (secondary N) is 3. The number of rotatable bonds is 9. The number of carbonyl (C=O) groups is 2. The molecule has 8 nitrogen and oxygen atoms in total. The van der Waals surface area contributed by atoms with Crippen LogP contribution in [-0.2, 0) is 27.8 Å². The minimum Gasteiger partial charge on any atom is -0.353 e. The summed E-state index contributed by atoms with van der Waals surface area (Å²) in [5.41, 5.74) is 2.66. The molecule has 1 heterocycles. The van der Waals surface area contributed by atoms with Crippen molar-refractivity contribution < 1.29 is 18.0 Å². The number of anilines is 1. The zero-order valence-electron chi connectivity index (χ0n) is 18.4. The number of benzene rings is 2. The van der Waals surface area contributed by atoms with Crippen molar-refractivity contribution in [3.8, 4) is 0 Å². The van der Waals surface area contributed by atoms with Crippen molar-refractivity contribution in [1.82, 2.24) is 16.0 Å².